The largest absolute Gasteiger partial charge is 0.480 e. The van der Waals surface area contributed by atoms with Crippen LogP contribution in [-0.2, 0) is 16.1 Å². The van der Waals surface area contributed by atoms with Gasteiger partial charge in [0, 0.05) is 0 Å². The second kappa shape index (κ2) is 6.25. The smallest absolute Gasteiger partial charge is 0.323 e. The van der Waals surface area contributed by atoms with Crippen LogP contribution in [0.4, 0.5) is 0 Å². The van der Waals surface area contributed by atoms with Gasteiger partial charge >= 0.3 is 5.97 Å². The molecule has 0 fully saturated rings. The van der Waals surface area contributed by atoms with E-state index in [0.717, 1.165) is 5.56 Å². The molecule has 4 nitrogen and oxygen atoms in total. The van der Waals surface area contributed by atoms with Crippen molar-refractivity contribution < 1.29 is 14.6 Å². The third-order valence-corrected chi connectivity index (χ3v) is 2.40. The zero-order valence-electron chi connectivity index (χ0n) is 9.51. The Morgan fingerprint density at radius 3 is 2.56 bits per heavy atom. The number of carboxylic acids is 1. The van der Waals surface area contributed by atoms with Crippen molar-refractivity contribution in [2.24, 2.45) is 0 Å². The lowest BCUT2D eigenvalue weighted by Crippen LogP contribution is -2.43. The first kappa shape index (κ1) is 12.7. The van der Waals surface area contributed by atoms with E-state index in [2.05, 4.69) is 5.32 Å². The third-order valence-electron chi connectivity index (χ3n) is 2.40. The van der Waals surface area contributed by atoms with E-state index in [1.165, 1.54) is 0 Å². The number of hydrogen-bond donors (Lipinski definition) is 2. The fourth-order valence-electron chi connectivity index (χ4n) is 1.46. The number of rotatable bonds is 6. The fraction of sp³-hybridized carbons (Fsp3) is 0.417. The lowest BCUT2D eigenvalue weighted by Gasteiger charge is -2.20. The summed E-state index contributed by atoms with van der Waals surface area (Å²) in [6.45, 7) is 2.17. The second-order valence-corrected chi connectivity index (χ2v) is 3.61. The van der Waals surface area contributed by atoms with E-state index in [1.54, 1.807) is 14.0 Å². The predicted molar refractivity (Wildman–Crippen MR) is 61.2 cm³/mol. The molecule has 0 aliphatic carbocycles. The van der Waals surface area contributed by atoms with Crippen molar-refractivity contribution in [3.63, 3.8) is 0 Å². The summed E-state index contributed by atoms with van der Waals surface area (Å²) in [5.41, 5.74) is 1.04. The molecule has 1 rings (SSSR count). The standard InChI is InChI=1S/C12H17NO3/c1-9(11(13-2)12(14)15)16-8-10-6-4-3-5-7-10/h3-7,9,11,13H,8H2,1-2H3,(H,14,15)/t9-,11+/m0/s1. The topological polar surface area (TPSA) is 58.6 Å². The van der Waals surface area contributed by atoms with Crippen molar-refractivity contribution in [2.75, 3.05) is 7.05 Å². The van der Waals surface area contributed by atoms with Crippen LogP contribution in [-0.4, -0.2) is 30.3 Å². The molecule has 2 atom stereocenters. The SMILES string of the molecule is CN[C@@H](C(=O)O)[C@H](C)OCc1ccccc1. The lowest BCUT2D eigenvalue weighted by atomic mass is 10.2. The van der Waals surface area contributed by atoms with Gasteiger partial charge in [-0.15, -0.1) is 0 Å². The molecule has 0 spiro atoms. The van der Waals surface area contributed by atoms with Gasteiger partial charge in [-0.1, -0.05) is 30.3 Å². The van der Waals surface area contributed by atoms with Gasteiger partial charge in [-0.2, -0.15) is 0 Å². The van der Waals surface area contributed by atoms with E-state index < -0.39 is 12.0 Å². The molecule has 0 saturated heterocycles. The molecule has 0 aliphatic heterocycles. The van der Waals surface area contributed by atoms with E-state index in [-0.39, 0.29) is 6.10 Å². The Balaban J connectivity index is 2.46. The quantitative estimate of drug-likeness (QED) is 0.762. The molecular formula is C12H17NO3. The minimum absolute atomic E-state index is 0.372. The van der Waals surface area contributed by atoms with Crippen LogP contribution in [0.3, 0.4) is 0 Å². The first-order valence-corrected chi connectivity index (χ1v) is 5.20. The Labute approximate surface area is 95.2 Å². The Bertz CT molecular complexity index is 326. The summed E-state index contributed by atoms with van der Waals surface area (Å²) in [6, 6.07) is 9.00. The van der Waals surface area contributed by atoms with Crippen LogP contribution in [0.15, 0.2) is 30.3 Å². The molecule has 0 aliphatic rings. The summed E-state index contributed by atoms with van der Waals surface area (Å²) < 4.78 is 5.50. The van der Waals surface area contributed by atoms with Gasteiger partial charge in [-0.3, -0.25) is 4.79 Å². The highest BCUT2D eigenvalue weighted by Gasteiger charge is 2.23. The number of aliphatic carboxylic acids is 1. The maximum absolute atomic E-state index is 10.8. The fourth-order valence-corrected chi connectivity index (χ4v) is 1.46. The van der Waals surface area contributed by atoms with Gasteiger partial charge in [0.05, 0.1) is 12.7 Å². The van der Waals surface area contributed by atoms with Gasteiger partial charge < -0.3 is 15.2 Å². The minimum atomic E-state index is -0.900. The normalized spacial score (nSPS) is 14.4. The first-order chi connectivity index (χ1) is 7.65. The zero-order chi connectivity index (χ0) is 12.0. The number of likely N-dealkylation sites (N-methyl/N-ethyl adjacent to an activating group) is 1. The van der Waals surface area contributed by atoms with E-state index >= 15 is 0 Å². The molecule has 0 heterocycles. The Kier molecular flexibility index (Phi) is 4.95. The van der Waals surface area contributed by atoms with Crippen LogP contribution >= 0.6 is 0 Å². The number of carbonyl (C=O) groups is 1. The molecule has 4 heteroatoms. The number of ether oxygens (including phenoxy) is 1. The average molecular weight is 223 g/mol. The van der Waals surface area contributed by atoms with Crippen LogP contribution in [0.2, 0.25) is 0 Å². The van der Waals surface area contributed by atoms with Gasteiger partial charge in [0.2, 0.25) is 0 Å². The van der Waals surface area contributed by atoms with E-state index in [4.69, 9.17) is 9.84 Å². The van der Waals surface area contributed by atoms with E-state index in [0.29, 0.717) is 6.61 Å². The zero-order valence-corrected chi connectivity index (χ0v) is 9.51. The highest BCUT2D eigenvalue weighted by Crippen LogP contribution is 2.06. The third kappa shape index (κ3) is 3.64. The van der Waals surface area contributed by atoms with Gasteiger partial charge in [-0.25, -0.2) is 0 Å². The highest BCUT2D eigenvalue weighted by molar-refractivity contribution is 5.74. The van der Waals surface area contributed by atoms with Gasteiger partial charge in [0.25, 0.3) is 0 Å². The summed E-state index contributed by atoms with van der Waals surface area (Å²) >= 11 is 0. The summed E-state index contributed by atoms with van der Waals surface area (Å²) in [5.74, 6) is -0.900. The summed E-state index contributed by atoms with van der Waals surface area (Å²) in [4.78, 5) is 10.8. The van der Waals surface area contributed by atoms with Crippen molar-refractivity contribution in [3.05, 3.63) is 35.9 Å². The van der Waals surface area contributed by atoms with Crippen molar-refractivity contribution in [2.45, 2.75) is 25.7 Å². The van der Waals surface area contributed by atoms with E-state index in [9.17, 15) is 4.79 Å². The number of carboxylic acid groups (broad SMARTS) is 1. The molecule has 0 unspecified atom stereocenters. The Morgan fingerprint density at radius 2 is 2.06 bits per heavy atom. The van der Waals surface area contributed by atoms with Crippen molar-refractivity contribution in [1.82, 2.24) is 5.32 Å². The monoisotopic (exact) mass is 223 g/mol. The molecule has 0 amide bonds. The molecule has 0 bridgehead atoms. The lowest BCUT2D eigenvalue weighted by molar-refractivity contribution is -0.143. The van der Waals surface area contributed by atoms with Gasteiger partial charge in [0.15, 0.2) is 0 Å². The van der Waals surface area contributed by atoms with E-state index in [1.807, 2.05) is 30.3 Å². The predicted octanol–water partition coefficient (Wildman–Crippen LogP) is 1.26. The molecule has 0 saturated carbocycles. The Morgan fingerprint density at radius 1 is 1.44 bits per heavy atom. The molecule has 1 aromatic carbocycles. The summed E-state index contributed by atoms with van der Waals surface area (Å²) in [7, 11) is 1.61. The van der Waals surface area contributed by atoms with Gasteiger partial charge in [-0.05, 0) is 19.5 Å². The molecule has 16 heavy (non-hydrogen) atoms. The number of benzene rings is 1. The minimum Gasteiger partial charge on any atom is -0.480 e. The average Bonchev–Trinajstić information content (AvgIpc) is 2.28. The number of nitrogens with one attached hydrogen (secondary N) is 1. The summed E-state index contributed by atoms with van der Waals surface area (Å²) in [5, 5.41) is 11.6. The first-order valence-electron chi connectivity index (χ1n) is 5.20. The highest BCUT2D eigenvalue weighted by atomic mass is 16.5. The van der Waals surface area contributed by atoms with Crippen LogP contribution in [0.1, 0.15) is 12.5 Å². The van der Waals surface area contributed by atoms with Crippen LogP contribution in [0.5, 0.6) is 0 Å². The molecule has 88 valence electrons. The molecule has 0 radical (unpaired) electrons. The maximum Gasteiger partial charge on any atom is 0.323 e. The van der Waals surface area contributed by atoms with Crippen molar-refractivity contribution in [3.8, 4) is 0 Å². The summed E-state index contributed by atoms with van der Waals surface area (Å²) in [6.07, 6.45) is -0.372. The van der Waals surface area contributed by atoms with Crippen LogP contribution in [0.25, 0.3) is 0 Å². The number of hydrogen-bond acceptors (Lipinski definition) is 3. The Hall–Kier alpha value is -1.39. The molecule has 2 N–H and O–H groups in total. The molecular weight excluding hydrogens is 206 g/mol. The van der Waals surface area contributed by atoms with Gasteiger partial charge in [0.1, 0.15) is 6.04 Å². The van der Waals surface area contributed by atoms with Crippen molar-refractivity contribution >= 4 is 5.97 Å². The molecule has 1 aromatic rings. The molecule has 0 aromatic heterocycles. The van der Waals surface area contributed by atoms with Crippen molar-refractivity contribution in [1.29, 1.82) is 0 Å². The van der Waals surface area contributed by atoms with Crippen LogP contribution < -0.4 is 5.32 Å². The second-order valence-electron chi connectivity index (χ2n) is 3.61. The van der Waals surface area contributed by atoms with Crippen LogP contribution in [0, 0.1) is 0 Å². The maximum atomic E-state index is 10.8.